The number of rotatable bonds is 4. The zero-order chi connectivity index (χ0) is 21.4. The number of hydrogen-bond acceptors (Lipinski definition) is 3. The molecule has 2 atom stereocenters. The van der Waals surface area contributed by atoms with Gasteiger partial charge in [-0.1, -0.05) is 18.2 Å². The fraction of sp³-hybridized carbons (Fsp3) is 0.0833. The number of benzene rings is 2. The Morgan fingerprint density at radius 3 is 2.45 bits per heavy atom. The van der Waals surface area contributed by atoms with E-state index in [9.17, 15) is 9.50 Å². The zero-order valence-electron chi connectivity index (χ0n) is 16.4. The third-order valence-corrected chi connectivity index (χ3v) is 5.74. The molecule has 31 heavy (non-hydrogen) atoms. The van der Waals surface area contributed by atoms with E-state index >= 15 is 0 Å². The highest BCUT2D eigenvalue weighted by Gasteiger charge is 2.42. The predicted molar refractivity (Wildman–Crippen MR) is 122 cm³/mol. The number of aromatic nitrogens is 2. The van der Waals surface area contributed by atoms with Crippen molar-refractivity contribution in [2.24, 2.45) is 0 Å². The van der Waals surface area contributed by atoms with Gasteiger partial charge in [-0.15, -0.1) is 0 Å². The molecule has 0 unspecified atom stereocenters. The molecule has 2 aromatic heterocycles. The highest BCUT2D eigenvalue weighted by molar-refractivity contribution is 7.80. The Balaban J connectivity index is 1.68. The molecule has 0 aliphatic carbocycles. The molecule has 2 aromatic carbocycles. The first-order chi connectivity index (χ1) is 15.1. The summed E-state index contributed by atoms with van der Waals surface area (Å²) in [7, 11) is 0. The molecule has 1 fully saturated rings. The maximum Gasteiger partial charge on any atom is 0.174 e. The Morgan fingerprint density at radius 1 is 0.935 bits per heavy atom. The lowest BCUT2D eigenvalue weighted by Crippen LogP contribution is -2.30. The van der Waals surface area contributed by atoms with Crippen molar-refractivity contribution < 1.29 is 9.50 Å². The molecule has 0 spiro atoms. The summed E-state index contributed by atoms with van der Waals surface area (Å²) in [6.07, 6.45) is 3.59. The molecule has 5 nitrogen and oxygen atoms in total. The number of nitrogens with zero attached hydrogens (tertiary/aromatic N) is 3. The van der Waals surface area contributed by atoms with Gasteiger partial charge in [0.1, 0.15) is 17.6 Å². The van der Waals surface area contributed by atoms with E-state index in [1.54, 1.807) is 30.5 Å². The van der Waals surface area contributed by atoms with E-state index in [1.807, 2.05) is 64.2 Å². The molecule has 0 amide bonds. The van der Waals surface area contributed by atoms with Crippen molar-refractivity contribution in [1.29, 1.82) is 0 Å². The number of halogens is 1. The van der Waals surface area contributed by atoms with E-state index in [4.69, 9.17) is 12.2 Å². The Hall–Kier alpha value is -3.71. The summed E-state index contributed by atoms with van der Waals surface area (Å²) >= 11 is 5.71. The van der Waals surface area contributed by atoms with Crippen molar-refractivity contribution in [2.45, 2.75) is 12.1 Å². The molecule has 0 radical (unpaired) electrons. The summed E-state index contributed by atoms with van der Waals surface area (Å²) in [5, 5.41) is 13.7. The average Bonchev–Trinajstić information content (AvgIpc) is 3.39. The van der Waals surface area contributed by atoms with Crippen LogP contribution in [0.5, 0.6) is 5.75 Å². The average molecular weight is 431 g/mol. The number of thiocarbonyl (C=S) groups is 1. The summed E-state index contributed by atoms with van der Waals surface area (Å²) < 4.78 is 16.5. The van der Waals surface area contributed by atoms with Gasteiger partial charge in [0.15, 0.2) is 5.11 Å². The number of pyridine rings is 1. The van der Waals surface area contributed by atoms with Crippen LogP contribution in [0.4, 0.5) is 10.1 Å². The minimum atomic E-state index is -0.306. The normalized spacial score (nSPS) is 18.2. The number of hydrogen-bond donors (Lipinski definition) is 2. The Kier molecular flexibility index (Phi) is 4.88. The van der Waals surface area contributed by atoms with Crippen LogP contribution >= 0.6 is 12.2 Å². The molecular weight excluding hydrogens is 411 g/mol. The molecule has 154 valence electrons. The summed E-state index contributed by atoms with van der Waals surface area (Å²) in [4.78, 5) is 6.53. The first-order valence-electron chi connectivity index (χ1n) is 9.85. The molecule has 1 saturated heterocycles. The molecule has 3 heterocycles. The number of anilines is 1. The lowest BCUT2D eigenvalue weighted by atomic mass is 10.0. The van der Waals surface area contributed by atoms with Crippen molar-refractivity contribution >= 4 is 23.0 Å². The van der Waals surface area contributed by atoms with Gasteiger partial charge in [-0.3, -0.25) is 4.98 Å². The standard InChI is InChI=1S/C24H19FN4OS/c25-18-6-1-2-8-20(18)28-15-5-9-21(28)23-22(19-7-3-4-14-26-19)27-24(31)29(23)16-10-12-17(30)13-11-16/h1-15,22-23,30H,(H,27,31)/t22-,23-/m1/s1. The summed E-state index contributed by atoms with van der Waals surface area (Å²) in [6.45, 7) is 0. The first kappa shape index (κ1) is 19.3. The van der Waals surface area contributed by atoms with Crippen LogP contribution in [0.15, 0.2) is 91.3 Å². The smallest absolute Gasteiger partial charge is 0.174 e. The van der Waals surface area contributed by atoms with Crippen LogP contribution in [0.3, 0.4) is 0 Å². The maximum absolute atomic E-state index is 14.7. The minimum absolute atomic E-state index is 0.175. The van der Waals surface area contributed by atoms with Gasteiger partial charge < -0.3 is 19.9 Å². The number of phenols is 1. The third kappa shape index (κ3) is 3.43. The summed E-state index contributed by atoms with van der Waals surface area (Å²) in [5.74, 6) is -0.131. The van der Waals surface area contributed by atoms with Crippen LogP contribution in [0.1, 0.15) is 23.5 Å². The lowest BCUT2D eigenvalue weighted by molar-refractivity contribution is 0.475. The van der Waals surface area contributed by atoms with Gasteiger partial charge in [-0.25, -0.2) is 4.39 Å². The van der Waals surface area contributed by atoms with E-state index in [2.05, 4.69) is 10.3 Å². The number of para-hydroxylation sites is 1. The van der Waals surface area contributed by atoms with Crippen molar-refractivity contribution in [3.05, 3.63) is 108 Å². The molecule has 1 aliphatic rings. The van der Waals surface area contributed by atoms with Crippen LogP contribution in [0.25, 0.3) is 5.69 Å². The molecular formula is C24H19FN4OS. The number of nitrogens with one attached hydrogen (secondary N) is 1. The Morgan fingerprint density at radius 2 is 1.71 bits per heavy atom. The second-order valence-corrected chi connectivity index (χ2v) is 7.65. The number of aromatic hydroxyl groups is 1. The number of phenolic OH excluding ortho intramolecular Hbond substituents is 1. The second-order valence-electron chi connectivity index (χ2n) is 7.27. The van der Waals surface area contributed by atoms with Gasteiger partial charge in [0.05, 0.1) is 17.4 Å². The van der Waals surface area contributed by atoms with Crippen molar-refractivity contribution in [1.82, 2.24) is 14.9 Å². The maximum atomic E-state index is 14.7. The molecule has 7 heteroatoms. The molecule has 4 aromatic rings. The molecule has 2 N–H and O–H groups in total. The van der Waals surface area contributed by atoms with Gasteiger partial charge in [-0.2, -0.15) is 0 Å². The molecule has 5 rings (SSSR count). The van der Waals surface area contributed by atoms with E-state index in [0.29, 0.717) is 10.8 Å². The topological polar surface area (TPSA) is 53.3 Å². The second kappa shape index (κ2) is 7.85. The van der Waals surface area contributed by atoms with E-state index in [-0.39, 0.29) is 23.7 Å². The van der Waals surface area contributed by atoms with Gasteiger partial charge in [0.25, 0.3) is 0 Å². The minimum Gasteiger partial charge on any atom is -0.508 e. The monoisotopic (exact) mass is 430 g/mol. The molecule has 1 aliphatic heterocycles. The van der Waals surface area contributed by atoms with Crippen molar-refractivity contribution in [3.63, 3.8) is 0 Å². The largest absolute Gasteiger partial charge is 0.508 e. The van der Waals surface area contributed by atoms with Crippen LogP contribution in [-0.4, -0.2) is 19.8 Å². The summed E-state index contributed by atoms with van der Waals surface area (Å²) in [6, 6.07) is 22.6. The van der Waals surface area contributed by atoms with Gasteiger partial charge >= 0.3 is 0 Å². The first-order valence-corrected chi connectivity index (χ1v) is 10.3. The van der Waals surface area contributed by atoms with Crippen LogP contribution in [0.2, 0.25) is 0 Å². The third-order valence-electron chi connectivity index (χ3n) is 5.42. The molecule has 0 bridgehead atoms. The highest BCUT2D eigenvalue weighted by atomic mass is 32.1. The fourth-order valence-corrected chi connectivity index (χ4v) is 4.39. The van der Waals surface area contributed by atoms with E-state index in [1.165, 1.54) is 6.07 Å². The summed E-state index contributed by atoms with van der Waals surface area (Å²) in [5.41, 5.74) is 2.98. The SMILES string of the molecule is Oc1ccc(N2C(=S)N[C@H](c3ccccn3)[C@H]2c2cccn2-c2ccccc2F)cc1. The fourth-order valence-electron chi connectivity index (χ4n) is 4.05. The van der Waals surface area contributed by atoms with Crippen LogP contribution < -0.4 is 10.2 Å². The molecule has 0 saturated carbocycles. The van der Waals surface area contributed by atoms with Gasteiger partial charge in [0.2, 0.25) is 0 Å². The van der Waals surface area contributed by atoms with E-state index < -0.39 is 0 Å². The zero-order valence-corrected chi connectivity index (χ0v) is 17.2. The lowest BCUT2D eigenvalue weighted by Gasteiger charge is -2.29. The predicted octanol–water partition coefficient (Wildman–Crippen LogP) is 4.89. The van der Waals surface area contributed by atoms with Gasteiger partial charge in [0, 0.05) is 23.8 Å². The Labute approximate surface area is 184 Å². The van der Waals surface area contributed by atoms with Crippen LogP contribution in [0, 0.1) is 5.82 Å². The van der Waals surface area contributed by atoms with E-state index in [0.717, 1.165) is 17.1 Å². The Bertz CT molecular complexity index is 1230. The van der Waals surface area contributed by atoms with Crippen molar-refractivity contribution in [2.75, 3.05) is 4.90 Å². The van der Waals surface area contributed by atoms with Crippen molar-refractivity contribution in [3.8, 4) is 11.4 Å². The van der Waals surface area contributed by atoms with Crippen LogP contribution in [-0.2, 0) is 0 Å². The quantitative estimate of drug-likeness (QED) is 0.452. The van der Waals surface area contributed by atoms with Gasteiger partial charge in [-0.05, 0) is 72.9 Å². The highest BCUT2D eigenvalue weighted by Crippen LogP contribution is 2.42.